The Labute approximate surface area is 325 Å². The van der Waals surface area contributed by atoms with E-state index in [9.17, 15) is 31.5 Å². The normalized spacial score (nSPS) is 11.3. The van der Waals surface area contributed by atoms with Gasteiger partial charge < -0.3 is 9.47 Å². The molecule has 4 aromatic carbocycles. The van der Waals surface area contributed by atoms with Crippen LogP contribution in [0, 0.1) is 32.4 Å². The number of aromatic nitrogens is 2. The Hall–Kier alpha value is -6.23. The number of carbonyl (C=O) groups is 2. The first kappa shape index (κ1) is 45.9. The van der Waals surface area contributed by atoms with Gasteiger partial charge in [0.05, 0.1) is 23.9 Å². The number of rotatable bonds is 9. The fourth-order valence-electron chi connectivity index (χ4n) is 4.56. The zero-order valence-electron chi connectivity index (χ0n) is 32.6. The van der Waals surface area contributed by atoms with Crippen molar-refractivity contribution < 1.29 is 41.0 Å². The predicted molar refractivity (Wildman–Crippen MR) is 211 cm³/mol. The van der Waals surface area contributed by atoms with E-state index < -0.39 is 35.2 Å². The van der Waals surface area contributed by atoms with Crippen LogP contribution in [0.5, 0.6) is 11.5 Å². The summed E-state index contributed by atoms with van der Waals surface area (Å²) in [5.74, 6) is -3.38. The van der Waals surface area contributed by atoms with E-state index in [1.165, 1.54) is 43.6 Å². The molecular weight excluding hydrogens is 727 g/mol. The minimum atomic E-state index is -1.11. The van der Waals surface area contributed by atoms with Crippen molar-refractivity contribution in [2.45, 2.75) is 54.4 Å². The molecule has 0 aliphatic carbocycles. The van der Waals surface area contributed by atoms with Crippen LogP contribution >= 0.6 is 0 Å². The Morgan fingerprint density at radius 3 is 1.80 bits per heavy atom. The average molecular weight is 773 g/mol. The van der Waals surface area contributed by atoms with Crippen molar-refractivity contribution in [2.24, 2.45) is 0 Å². The van der Waals surface area contributed by atoms with Crippen LogP contribution in [-0.2, 0) is 0 Å². The molecule has 1 aromatic heterocycles. The van der Waals surface area contributed by atoms with Crippen molar-refractivity contribution in [3.8, 4) is 22.9 Å². The van der Waals surface area contributed by atoms with Crippen LogP contribution in [0.25, 0.3) is 11.4 Å². The summed E-state index contributed by atoms with van der Waals surface area (Å²) >= 11 is 0. The molecule has 56 heavy (non-hydrogen) atoms. The standard InChI is InChI=1S/C23H21F3O2.C19H15FN2O2.C2H6.CH3F/c1-14(5-6-16(3)22(26)17(4)24)18-8-10-19(11-9-18)23(27)28-20-12-7-15(2)21(25)13-20;1-12-3-6-15(7-4-12)24-19(23)14-10-21-18(22-11-14)16-8-5-13(2)9-17(16)20;2*1-2/h5-14H,4H2,1-3H3;3-11H,1-2H3;1-2H3;1H3/b6-5-,22-16+;;;. The van der Waals surface area contributed by atoms with Crippen LogP contribution in [-0.4, -0.2) is 29.1 Å². The van der Waals surface area contributed by atoms with Gasteiger partial charge in [-0.1, -0.05) is 81.5 Å². The molecule has 0 saturated heterocycles. The van der Waals surface area contributed by atoms with Gasteiger partial charge >= 0.3 is 11.9 Å². The largest absolute Gasteiger partial charge is 0.423 e. The monoisotopic (exact) mass is 772 g/mol. The number of alkyl halides is 1. The lowest BCUT2D eigenvalue weighted by Gasteiger charge is -2.09. The highest BCUT2D eigenvalue weighted by Gasteiger charge is 2.14. The van der Waals surface area contributed by atoms with Crippen molar-refractivity contribution in [3.63, 3.8) is 0 Å². The van der Waals surface area contributed by atoms with Gasteiger partial charge in [-0.2, -0.15) is 0 Å². The fourth-order valence-corrected chi connectivity index (χ4v) is 4.56. The molecule has 1 atom stereocenters. The Balaban J connectivity index is 0.000000358. The van der Waals surface area contributed by atoms with Crippen molar-refractivity contribution in [3.05, 3.63) is 178 Å². The first-order valence-electron chi connectivity index (χ1n) is 17.4. The smallest absolute Gasteiger partial charge is 0.346 e. The molecule has 6 nitrogen and oxygen atoms in total. The van der Waals surface area contributed by atoms with Crippen LogP contribution in [0.2, 0.25) is 0 Å². The van der Waals surface area contributed by atoms with Gasteiger partial charge in [0.15, 0.2) is 17.5 Å². The van der Waals surface area contributed by atoms with Crippen LogP contribution in [0.15, 0.2) is 133 Å². The molecule has 0 aliphatic heterocycles. The molecule has 0 spiro atoms. The number of nitrogens with zero attached hydrogens (tertiary/aromatic N) is 2. The lowest BCUT2D eigenvalue weighted by molar-refractivity contribution is 0.0724. The third-order valence-corrected chi connectivity index (χ3v) is 7.73. The zero-order chi connectivity index (χ0) is 41.9. The number of halogens is 5. The number of allylic oxidation sites excluding steroid dienone is 5. The van der Waals surface area contributed by atoms with Gasteiger partial charge in [0.25, 0.3) is 0 Å². The van der Waals surface area contributed by atoms with Crippen LogP contribution < -0.4 is 9.47 Å². The summed E-state index contributed by atoms with van der Waals surface area (Å²) in [5, 5.41) is 0. The summed E-state index contributed by atoms with van der Waals surface area (Å²) < 4.78 is 73.6. The Bertz CT molecular complexity index is 2130. The maximum absolute atomic E-state index is 13.9. The van der Waals surface area contributed by atoms with Gasteiger partial charge in [-0.3, -0.25) is 4.39 Å². The van der Waals surface area contributed by atoms with E-state index in [1.807, 2.05) is 39.8 Å². The first-order chi connectivity index (χ1) is 26.7. The molecule has 0 bridgehead atoms. The van der Waals surface area contributed by atoms with E-state index >= 15 is 0 Å². The van der Waals surface area contributed by atoms with Gasteiger partial charge in [0.2, 0.25) is 0 Å². The van der Waals surface area contributed by atoms with Crippen molar-refractivity contribution in [1.29, 1.82) is 0 Å². The fraction of sp³-hybridized carbons (Fsp3) is 0.200. The molecule has 0 N–H and O–H groups in total. The second-order valence-electron chi connectivity index (χ2n) is 12.0. The number of esters is 2. The third-order valence-electron chi connectivity index (χ3n) is 7.73. The summed E-state index contributed by atoms with van der Waals surface area (Å²) in [6, 6.07) is 22.8. The molecule has 0 saturated carbocycles. The first-order valence-corrected chi connectivity index (χ1v) is 17.4. The van der Waals surface area contributed by atoms with Gasteiger partial charge in [0, 0.05) is 18.5 Å². The molecule has 11 heteroatoms. The van der Waals surface area contributed by atoms with Gasteiger partial charge in [-0.05, 0) is 98.3 Å². The molecule has 0 radical (unpaired) electrons. The van der Waals surface area contributed by atoms with E-state index in [0.717, 1.165) is 22.8 Å². The van der Waals surface area contributed by atoms with E-state index in [1.54, 1.807) is 68.5 Å². The van der Waals surface area contributed by atoms with Crippen molar-refractivity contribution in [2.75, 3.05) is 7.18 Å². The summed E-state index contributed by atoms with van der Waals surface area (Å²) in [5.41, 5.74) is 4.18. The molecule has 0 amide bonds. The Kier molecular flexibility index (Phi) is 18.7. The minimum absolute atomic E-state index is 0.0908. The summed E-state index contributed by atoms with van der Waals surface area (Å²) in [6.45, 7) is 15.6. The second-order valence-corrected chi connectivity index (χ2v) is 12.0. The van der Waals surface area contributed by atoms with Gasteiger partial charge in [-0.25, -0.2) is 37.1 Å². The van der Waals surface area contributed by atoms with E-state index in [2.05, 4.69) is 16.5 Å². The van der Waals surface area contributed by atoms with Crippen LogP contribution in [0.1, 0.15) is 76.6 Å². The molecular formula is C45H45F5N2O4. The number of hydrogen-bond donors (Lipinski definition) is 0. The molecule has 5 rings (SSSR count). The average Bonchev–Trinajstić information content (AvgIpc) is 3.20. The number of aryl methyl sites for hydroxylation is 3. The third kappa shape index (κ3) is 13.9. The lowest BCUT2D eigenvalue weighted by atomic mass is 9.98. The number of carbonyl (C=O) groups excluding carboxylic acids is 2. The molecule has 1 heterocycles. The molecule has 5 aromatic rings. The molecule has 1 unspecified atom stereocenters. The quantitative estimate of drug-likeness (QED) is 0.0642. The highest BCUT2D eigenvalue weighted by molar-refractivity contribution is 5.91. The molecule has 0 aliphatic rings. The molecule has 294 valence electrons. The van der Waals surface area contributed by atoms with Crippen molar-refractivity contribution >= 4 is 11.9 Å². The zero-order valence-corrected chi connectivity index (χ0v) is 32.6. The number of benzene rings is 4. The summed E-state index contributed by atoms with van der Waals surface area (Å²) in [7, 11) is 0.500. The SMILES string of the molecule is C=C(F)/C(F)=C(C)\C=C/C(C)c1ccc(C(=O)Oc2ccc(C)c(F)c2)cc1.CC.CF.Cc1ccc(OC(=O)c2cnc(-c3ccc(C)cc3F)nc2)cc1. The topological polar surface area (TPSA) is 78.4 Å². The van der Waals surface area contributed by atoms with Crippen LogP contribution in [0.3, 0.4) is 0 Å². The predicted octanol–water partition coefficient (Wildman–Crippen LogP) is 12.5. The second kappa shape index (κ2) is 22.9. The maximum atomic E-state index is 13.9. The summed E-state index contributed by atoms with van der Waals surface area (Å²) in [4.78, 5) is 32.4. The van der Waals surface area contributed by atoms with Crippen molar-refractivity contribution in [1.82, 2.24) is 9.97 Å². The summed E-state index contributed by atoms with van der Waals surface area (Å²) in [6.07, 6.45) is 5.87. The number of ether oxygens (including phenoxy) is 2. The van der Waals surface area contributed by atoms with E-state index in [-0.39, 0.29) is 28.6 Å². The highest BCUT2D eigenvalue weighted by atomic mass is 19.2. The van der Waals surface area contributed by atoms with E-state index in [0.29, 0.717) is 29.6 Å². The molecule has 0 fully saturated rings. The Morgan fingerprint density at radius 2 is 1.25 bits per heavy atom. The Morgan fingerprint density at radius 1 is 0.714 bits per heavy atom. The van der Waals surface area contributed by atoms with Gasteiger partial charge in [-0.15, -0.1) is 0 Å². The van der Waals surface area contributed by atoms with Gasteiger partial charge in [0.1, 0.15) is 23.1 Å². The van der Waals surface area contributed by atoms with E-state index in [4.69, 9.17) is 9.47 Å². The van der Waals surface area contributed by atoms with Crippen LogP contribution in [0.4, 0.5) is 22.0 Å². The number of hydrogen-bond acceptors (Lipinski definition) is 6. The lowest BCUT2D eigenvalue weighted by Crippen LogP contribution is -2.09. The highest BCUT2D eigenvalue weighted by Crippen LogP contribution is 2.23. The minimum Gasteiger partial charge on any atom is -0.423 e. The maximum Gasteiger partial charge on any atom is 0.346 e.